The van der Waals surface area contributed by atoms with E-state index < -0.39 is 0 Å². The van der Waals surface area contributed by atoms with Gasteiger partial charge < -0.3 is 10.6 Å². The third-order valence-electron chi connectivity index (χ3n) is 4.55. The molecular weight excluding hydrogens is 460 g/mol. The first kappa shape index (κ1) is 22.1. The van der Waals surface area contributed by atoms with Gasteiger partial charge >= 0.3 is 0 Å². The number of rotatable bonds is 7. The van der Waals surface area contributed by atoms with E-state index in [0.717, 1.165) is 26.2 Å². The van der Waals surface area contributed by atoms with Gasteiger partial charge in [0.15, 0.2) is 0 Å². The van der Waals surface area contributed by atoms with Crippen molar-refractivity contribution in [3.63, 3.8) is 0 Å². The summed E-state index contributed by atoms with van der Waals surface area (Å²) in [5.41, 5.74) is 3.47. The van der Waals surface area contributed by atoms with E-state index in [-0.39, 0.29) is 23.6 Å². The summed E-state index contributed by atoms with van der Waals surface area (Å²) < 4.78 is 0.952. The molecule has 0 saturated heterocycles. The molecule has 0 aliphatic carbocycles. The Hall–Kier alpha value is -2.57. The van der Waals surface area contributed by atoms with E-state index in [9.17, 15) is 9.59 Å². The summed E-state index contributed by atoms with van der Waals surface area (Å²) in [6, 6.07) is 22.7. The number of nitrogens with one attached hydrogen (secondary N) is 2. The summed E-state index contributed by atoms with van der Waals surface area (Å²) in [4.78, 5) is 26.0. The number of hydrogen-bond donors (Lipinski definition) is 2. The molecule has 6 heteroatoms. The predicted molar refractivity (Wildman–Crippen MR) is 127 cm³/mol. The summed E-state index contributed by atoms with van der Waals surface area (Å²) in [5, 5.41) is 5.93. The number of halogens is 1. The minimum atomic E-state index is -0.166. The van der Waals surface area contributed by atoms with Crippen LogP contribution in [0.15, 0.2) is 82.2 Å². The smallest absolute Gasteiger partial charge is 0.252 e. The molecule has 2 amide bonds. The van der Waals surface area contributed by atoms with Crippen molar-refractivity contribution in [2.45, 2.75) is 24.8 Å². The Balaban J connectivity index is 1.63. The standard InChI is InChI=1S/C24H23BrN2O2S/c1-16-11-13-18(14-12-16)27-23(28)15-30-22-10-6-4-8-20(22)24(29)26-17(2)19-7-3-5-9-21(19)25/h3-14,17H,15H2,1-2H3,(H,26,29)(H,27,28). The second kappa shape index (κ2) is 10.5. The van der Waals surface area contributed by atoms with Crippen molar-refractivity contribution in [3.8, 4) is 0 Å². The number of benzene rings is 3. The molecule has 3 aromatic rings. The van der Waals surface area contributed by atoms with E-state index in [4.69, 9.17) is 0 Å². The molecule has 0 aromatic heterocycles. The minimum absolute atomic E-state index is 0.111. The van der Waals surface area contributed by atoms with Crippen LogP contribution in [-0.4, -0.2) is 17.6 Å². The highest BCUT2D eigenvalue weighted by Crippen LogP contribution is 2.26. The topological polar surface area (TPSA) is 58.2 Å². The first-order valence-electron chi connectivity index (χ1n) is 9.57. The number of hydrogen-bond acceptors (Lipinski definition) is 3. The minimum Gasteiger partial charge on any atom is -0.345 e. The lowest BCUT2D eigenvalue weighted by Crippen LogP contribution is -2.27. The molecule has 1 unspecified atom stereocenters. The molecule has 1 atom stereocenters. The van der Waals surface area contributed by atoms with E-state index in [2.05, 4.69) is 26.6 Å². The van der Waals surface area contributed by atoms with Crippen molar-refractivity contribution in [1.82, 2.24) is 5.32 Å². The van der Waals surface area contributed by atoms with Gasteiger partial charge in [-0.3, -0.25) is 9.59 Å². The van der Waals surface area contributed by atoms with Crippen LogP contribution in [0.4, 0.5) is 5.69 Å². The Kier molecular flexibility index (Phi) is 7.71. The van der Waals surface area contributed by atoms with Crippen LogP contribution in [0.2, 0.25) is 0 Å². The Morgan fingerprint density at radius 2 is 1.63 bits per heavy atom. The van der Waals surface area contributed by atoms with Crippen molar-refractivity contribution in [1.29, 1.82) is 0 Å². The molecule has 0 aliphatic heterocycles. The molecule has 154 valence electrons. The molecule has 0 spiro atoms. The van der Waals surface area contributed by atoms with Gasteiger partial charge in [-0.2, -0.15) is 0 Å². The second-order valence-corrected chi connectivity index (χ2v) is 8.79. The van der Waals surface area contributed by atoms with Gasteiger partial charge in [0, 0.05) is 15.1 Å². The van der Waals surface area contributed by atoms with Crippen LogP contribution in [0, 0.1) is 6.92 Å². The molecule has 0 heterocycles. The Morgan fingerprint density at radius 3 is 2.37 bits per heavy atom. The van der Waals surface area contributed by atoms with Gasteiger partial charge in [-0.1, -0.05) is 64.0 Å². The van der Waals surface area contributed by atoms with E-state index in [1.165, 1.54) is 11.8 Å². The number of thioether (sulfide) groups is 1. The molecular formula is C24H23BrN2O2S. The van der Waals surface area contributed by atoms with Gasteiger partial charge in [-0.05, 0) is 49.7 Å². The second-order valence-electron chi connectivity index (χ2n) is 6.92. The SMILES string of the molecule is Cc1ccc(NC(=O)CSc2ccccc2C(=O)NC(C)c2ccccc2Br)cc1. The van der Waals surface area contributed by atoms with Crippen LogP contribution in [0.25, 0.3) is 0 Å². The first-order valence-corrected chi connectivity index (χ1v) is 11.4. The molecule has 0 radical (unpaired) electrons. The molecule has 2 N–H and O–H groups in total. The highest BCUT2D eigenvalue weighted by Gasteiger charge is 2.17. The van der Waals surface area contributed by atoms with Crippen LogP contribution in [0.3, 0.4) is 0 Å². The maximum atomic E-state index is 12.9. The van der Waals surface area contributed by atoms with E-state index in [1.54, 1.807) is 6.07 Å². The summed E-state index contributed by atoms with van der Waals surface area (Å²) in [7, 11) is 0. The van der Waals surface area contributed by atoms with Gasteiger partial charge in [-0.25, -0.2) is 0 Å². The average molecular weight is 483 g/mol. The number of carbonyl (C=O) groups is 2. The average Bonchev–Trinajstić information content (AvgIpc) is 2.74. The predicted octanol–water partition coefficient (Wildman–Crippen LogP) is 5.98. The van der Waals surface area contributed by atoms with E-state index in [1.807, 2.05) is 80.6 Å². The maximum absolute atomic E-state index is 12.9. The van der Waals surface area contributed by atoms with E-state index >= 15 is 0 Å². The Morgan fingerprint density at radius 1 is 0.967 bits per heavy atom. The van der Waals surface area contributed by atoms with Crippen molar-refractivity contribution in [2.24, 2.45) is 0 Å². The number of amides is 2. The largest absolute Gasteiger partial charge is 0.345 e. The zero-order chi connectivity index (χ0) is 21.5. The van der Waals surface area contributed by atoms with Crippen molar-refractivity contribution < 1.29 is 9.59 Å². The van der Waals surface area contributed by atoms with Crippen LogP contribution in [0.5, 0.6) is 0 Å². The lowest BCUT2D eigenvalue weighted by molar-refractivity contribution is -0.113. The third-order valence-corrected chi connectivity index (χ3v) is 6.34. The zero-order valence-electron chi connectivity index (χ0n) is 16.8. The molecule has 0 saturated carbocycles. The zero-order valence-corrected chi connectivity index (χ0v) is 19.2. The number of aryl methyl sites for hydroxylation is 1. The van der Waals surface area contributed by atoms with Crippen molar-refractivity contribution >= 4 is 45.2 Å². The van der Waals surface area contributed by atoms with Crippen molar-refractivity contribution in [3.05, 3.63) is 94.0 Å². The normalized spacial score (nSPS) is 11.6. The lowest BCUT2D eigenvalue weighted by atomic mass is 10.1. The quantitative estimate of drug-likeness (QED) is 0.407. The van der Waals surface area contributed by atoms with Gasteiger partial charge in [0.1, 0.15) is 0 Å². The molecule has 0 aliphatic rings. The van der Waals surface area contributed by atoms with Gasteiger partial charge in [-0.15, -0.1) is 11.8 Å². The van der Waals surface area contributed by atoms with Crippen molar-refractivity contribution in [2.75, 3.05) is 11.1 Å². The Labute approximate surface area is 189 Å². The summed E-state index contributed by atoms with van der Waals surface area (Å²) in [6.07, 6.45) is 0. The molecule has 0 fully saturated rings. The first-order chi connectivity index (χ1) is 14.4. The maximum Gasteiger partial charge on any atom is 0.252 e. The van der Waals surface area contributed by atoms with Crippen LogP contribution in [0.1, 0.15) is 34.5 Å². The van der Waals surface area contributed by atoms with Crippen LogP contribution < -0.4 is 10.6 Å². The fourth-order valence-electron chi connectivity index (χ4n) is 2.94. The summed E-state index contributed by atoms with van der Waals surface area (Å²) in [6.45, 7) is 3.95. The summed E-state index contributed by atoms with van der Waals surface area (Å²) in [5.74, 6) is -0.0567. The fourth-order valence-corrected chi connectivity index (χ4v) is 4.41. The highest BCUT2D eigenvalue weighted by atomic mass is 79.9. The lowest BCUT2D eigenvalue weighted by Gasteiger charge is -2.17. The molecule has 4 nitrogen and oxygen atoms in total. The molecule has 3 rings (SSSR count). The molecule has 0 bridgehead atoms. The van der Waals surface area contributed by atoms with Crippen LogP contribution >= 0.6 is 27.7 Å². The number of carbonyl (C=O) groups excluding carboxylic acids is 2. The highest BCUT2D eigenvalue weighted by molar-refractivity contribution is 9.10. The number of anilines is 1. The summed E-state index contributed by atoms with van der Waals surface area (Å²) >= 11 is 4.88. The molecule has 3 aromatic carbocycles. The molecule has 30 heavy (non-hydrogen) atoms. The third kappa shape index (κ3) is 5.97. The van der Waals surface area contributed by atoms with Gasteiger partial charge in [0.05, 0.1) is 17.4 Å². The van der Waals surface area contributed by atoms with E-state index in [0.29, 0.717) is 5.56 Å². The van der Waals surface area contributed by atoms with Crippen LogP contribution in [-0.2, 0) is 4.79 Å². The fraction of sp³-hybridized carbons (Fsp3) is 0.167. The Bertz CT molecular complexity index is 1040. The monoisotopic (exact) mass is 482 g/mol. The van der Waals surface area contributed by atoms with Gasteiger partial charge in [0.2, 0.25) is 5.91 Å². The van der Waals surface area contributed by atoms with Gasteiger partial charge in [0.25, 0.3) is 5.91 Å².